The molecule has 0 fully saturated rings. The van der Waals surface area contributed by atoms with Gasteiger partial charge < -0.3 is 10.0 Å². The lowest BCUT2D eigenvalue weighted by Gasteiger charge is -2.18. The average Bonchev–Trinajstić information content (AvgIpc) is 2.86. The Kier molecular flexibility index (Phi) is 5.60. The number of halogens is 4. The number of hydrogen-bond acceptors (Lipinski definition) is 2. The first-order valence-electron chi connectivity index (χ1n) is 8.34. The van der Waals surface area contributed by atoms with E-state index in [1.54, 1.807) is 18.2 Å². The first-order chi connectivity index (χ1) is 13.2. The number of aliphatic carboxylic acids is 1. The van der Waals surface area contributed by atoms with Gasteiger partial charge in [0.2, 0.25) is 5.91 Å². The molecule has 0 spiro atoms. The van der Waals surface area contributed by atoms with Gasteiger partial charge in [0.05, 0.1) is 12.5 Å². The summed E-state index contributed by atoms with van der Waals surface area (Å²) in [6.07, 6.45) is -4.76. The van der Waals surface area contributed by atoms with Gasteiger partial charge in [0.25, 0.3) is 0 Å². The molecule has 0 bridgehead atoms. The largest absolute Gasteiger partial charge is 0.478 e. The molecule has 146 valence electrons. The third kappa shape index (κ3) is 4.11. The van der Waals surface area contributed by atoms with Crippen LogP contribution in [0.2, 0.25) is 0 Å². The molecule has 28 heavy (non-hydrogen) atoms. The van der Waals surface area contributed by atoms with Crippen LogP contribution < -0.4 is 4.90 Å². The van der Waals surface area contributed by atoms with E-state index in [9.17, 15) is 22.8 Å². The monoisotopic (exact) mass is 453 g/mol. The maximum absolute atomic E-state index is 13.0. The first kappa shape index (κ1) is 20.1. The molecule has 1 unspecified atom stereocenters. The average molecular weight is 454 g/mol. The molecule has 0 radical (unpaired) electrons. The van der Waals surface area contributed by atoms with E-state index in [0.29, 0.717) is 21.8 Å². The zero-order valence-electron chi connectivity index (χ0n) is 14.4. The molecule has 0 saturated carbocycles. The summed E-state index contributed by atoms with van der Waals surface area (Å²) in [5.74, 6) is -3.30. The third-order valence-corrected chi connectivity index (χ3v) is 4.99. The summed E-state index contributed by atoms with van der Waals surface area (Å²) in [6, 6.07) is 14.4. The van der Waals surface area contributed by atoms with Crippen molar-refractivity contribution in [1.82, 2.24) is 0 Å². The molecule has 2 aromatic carbocycles. The fraction of sp³-hybridized carbons (Fsp3) is 0.200. The van der Waals surface area contributed by atoms with Gasteiger partial charge in [-0.25, -0.2) is 4.79 Å². The molecular formula is C20H15BrF3NO3. The Morgan fingerprint density at radius 1 is 1.18 bits per heavy atom. The van der Waals surface area contributed by atoms with Crippen LogP contribution in [0.15, 0.2) is 64.7 Å². The van der Waals surface area contributed by atoms with E-state index < -0.39 is 23.6 Å². The lowest BCUT2D eigenvalue weighted by Crippen LogP contribution is -2.28. The fourth-order valence-corrected chi connectivity index (χ4v) is 3.59. The lowest BCUT2D eigenvalue weighted by molar-refractivity contribution is -0.145. The minimum absolute atomic E-state index is 0.277. The van der Waals surface area contributed by atoms with Crippen molar-refractivity contribution in [3.63, 3.8) is 0 Å². The number of nitrogens with zero attached hydrogens (tertiary/aromatic N) is 1. The zero-order chi connectivity index (χ0) is 20.5. The van der Waals surface area contributed by atoms with E-state index in [1.165, 1.54) is 4.90 Å². The standard InChI is InChI=1S/C20H15BrF3NO3/c21-13-6-9-17-15(10-13)14(7-8-16(19(27)28)20(22,23)24)18(26)25(17)11-12-4-2-1-3-5-12/h1-6,8-10,14H,7,11H2,(H,27,28)/b16-8-. The maximum atomic E-state index is 13.0. The Labute approximate surface area is 167 Å². The minimum atomic E-state index is -4.99. The summed E-state index contributed by atoms with van der Waals surface area (Å²) in [4.78, 5) is 25.4. The van der Waals surface area contributed by atoms with Crippen molar-refractivity contribution < 1.29 is 27.9 Å². The summed E-state index contributed by atoms with van der Waals surface area (Å²) in [7, 11) is 0. The van der Waals surface area contributed by atoms with Gasteiger partial charge in [-0.15, -0.1) is 0 Å². The summed E-state index contributed by atoms with van der Waals surface area (Å²) in [5, 5.41) is 8.84. The smallest absolute Gasteiger partial charge is 0.423 e. The minimum Gasteiger partial charge on any atom is -0.478 e. The van der Waals surface area contributed by atoms with Crippen molar-refractivity contribution in [3.8, 4) is 0 Å². The van der Waals surface area contributed by atoms with Crippen LogP contribution in [0.1, 0.15) is 23.5 Å². The number of carbonyl (C=O) groups is 2. The quantitative estimate of drug-likeness (QED) is 0.644. The van der Waals surface area contributed by atoms with Crippen molar-refractivity contribution in [2.24, 2.45) is 0 Å². The van der Waals surface area contributed by atoms with E-state index in [2.05, 4.69) is 15.9 Å². The number of carboxylic acids is 1. The summed E-state index contributed by atoms with van der Waals surface area (Å²) in [6.45, 7) is 0.277. The van der Waals surface area contributed by atoms with Crippen LogP contribution >= 0.6 is 15.9 Å². The highest BCUT2D eigenvalue weighted by Crippen LogP contribution is 2.42. The molecule has 1 heterocycles. The Balaban J connectivity index is 1.95. The van der Waals surface area contributed by atoms with E-state index >= 15 is 0 Å². The molecule has 0 aliphatic carbocycles. The molecule has 3 rings (SSSR count). The SMILES string of the molecule is O=C(O)/C(=C/CC1C(=O)N(Cc2ccccc2)c2ccc(Br)cc21)C(F)(F)F. The topological polar surface area (TPSA) is 57.6 Å². The highest BCUT2D eigenvalue weighted by atomic mass is 79.9. The number of allylic oxidation sites excluding steroid dienone is 1. The van der Waals surface area contributed by atoms with Crippen LogP contribution in [0.25, 0.3) is 0 Å². The Morgan fingerprint density at radius 2 is 1.86 bits per heavy atom. The van der Waals surface area contributed by atoms with Crippen LogP contribution in [0.3, 0.4) is 0 Å². The van der Waals surface area contributed by atoms with Gasteiger partial charge in [-0.1, -0.05) is 52.3 Å². The number of carbonyl (C=O) groups excluding carboxylic acids is 1. The molecule has 4 nitrogen and oxygen atoms in total. The highest BCUT2D eigenvalue weighted by molar-refractivity contribution is 9.10. The van der Waals surface area contributed by atoms with Gasteiger partial charge in [-0.3, -0.25) is 4.79 Å². The van der Waals surface area contributed by atoms with Gasteiger partial charge in [-0.05, 0) is 35.7 Å². The van der Waals surface area contributed by atoms with Gasteiger partial charge in [0, 0.05) is 10.2 Å². The van der Waals surface area contributed by atoms with Crippen LogP contribution in [0.4, 0.5) is 18.9 Å². The Morgan fingerprint density at radius 3 is 2.46 bits per heavy atom. The normalized spacial score (nSPS) is 17.0. The van der Waals surface area contributed by atoms with Crippen LogP contribution in [0, 0.1) is 0 Å². The first-order valence-corrected chi connectivity index (χ1v) is 9.13. The molecule has 0 saturated heterocycles. The van der Waals surface area contributed by atoms with Crippen molar-refractivity contribution in [1.29, 1.82) is 0 Å². The van der Waals surface area contributed by atoms with Crippen molar-refractivity contribution in [2.45, 2.75) is 25.1 Å². The molecule has 1 N–H and O–H groups in total. The van der Waals surface area contributed by atoms with Crippen molar-refractivity contribution >= 4 is 33.5 Å². The number of alkyl halides is 3. The van der Waals surface area contributed by atoms with Crippen LogP contribution in [0.5, 0.6) is 0 Å². The number of anilines is 1. The van der Waals surface area contributed by atoms with E-state index in [-0.39, 0.29) is 18.9 Å². The lowest BCUT2D eigenvalue weighted by atomic mass is 9.96. The number of amides is 1. The molecule has 0 aromatic heterocycles. The van der Waals surface area contributed by atoms with Crippen molar-refractivity contribution in [2.75, 3.05) is 4.90 Å². The van der Waals surface area contributed by atoms with Crippen LogP contribution in [-0.2, 0) is 16.1 Å². The second-order valence-corrected chi connectivity index (χ2v) is 7.24. The molecule has 8 heteroatoms. The molecule has 1 amide bonds. The number of rotatable bonds is 5. The highest BCUT2D eigenvalue weighted by Gasteiger charge is 2.41. The molecule has 1 aliphatic heterocycles. The predicted molar refractivity (Wildman–Crippen MR) is 101 cm³/mol. The Bertz CT molecular complexity index is 941. The number of fused-ring (bicyclic) bond motifs is 1. The molecule has 1 aliphatic rings. The molecular weight excluding hydrogens is 439 g/mol. The summed E-state index contributed by atoms with van der Waals surface area (Å²) >= 11 is 3.31. The third-order valence-electron chi connectivity index (χ3n) is 4.50. The molecule has 1 atom stereocenters. The summed E-state index contributed by atoms with van der Waals surface area (Å²) in [5.41, 5.74) is 0.388. The fourth-order valence-electron chi connectivity index (χ4n) is 3.21. The summed E-state index contributed by atoms with van der Waals surface area (Å²) < 4.78 is 39.4. The van der Waals surface area contributed by atoms with Gasteiger partial charge in [0.1, 0.15) is 5.57 Å². The van der Waals surface area contributed by atoms with Gasteiger partial charge in [-0.2, -0.15) is 13.2 Å². The van der Waals surface area contributed by atoms with E-state index in [4.69, 9.17) is 5.11 Å². The maximum Gasteiger partial charge on any atom is 0.423 e. The molecule has 2 aromatic rings. The Hall–Kier alpha value is -2.61. The number of benzene rings is 2. The number of hydrogen-bond donors (Lipinski definition) is 1. The zero-order valence-corrected chi connectivity index (χ0v) is 16.0. The van der Waals surface area contributed by atoms with Gasteiger partial charge in [0.15, 0.2) is 0 Å². The van der Waals surface area contributed by atoms with E-state index in [1.807, 2.05) is 30.3 Å². The predicted octanol–water partition coefficient (Wildman–Crippen LogP) is 5.04. The van der Waals surface area contributed by atoms with Gasteiger partial charge >= 0.3 is 12.1 Å². The second-order valence-electron chi connectivity index (χ2n) is 6.32. The van der Waals surface area contributed by atoms with E-state index in [0.717, 1.165) is 5.56 Å². The second kappa shape index (κ2) is 7.79. The van der Waals surface area contributed by atoms with Crippen LogP contribution in [-0.4, -0.2) is 23.2 Å². The number of carboxylic acid groups (broad SMARTS) is 1. The van der Waals surface area contributed by atoms with Crippen molar-refractivity contribution in [3.05, 3.63) is 75.8 Å².